The Labute approximate surface area is 66.5 Å². The minimum Gasteiger partial charge on any atom is -0.488 e. The lowest BCUT2D eigenvalue weighted by atomic mass is 10.4. The first-order chi connectivity index (χ1) is 5.33. The third-order valence-corrected chi connectivity index (χ3v) is 1.25. The lowest BCUT2D eigenvalue weighted by Crippen LogP contribution is -1.93. The Hall–Kier alpha value is -1.31. The molecular weight excluding hydrogens is 138 g/mol. The van der Waals surface area contributed by atoms with Gasteiger partial charge >= 0.3 is 0 Å². The van der Waals surface area contributed by atoms with E-state index in [4.69, 9.17) is 4.74 Å². The number of pyridine rings is 1. The molecule has 0 N–H and O–H groups in total. The Balaban J connectivity index is 2.58. The number of nitrogens with zero attached hydrogens (tertiary/aromatic N) is 1. The van der Waals surface area contributed by atoms with Crippen molar-refractivity contribution in [2.75, 3.05) is 6.61 Å². The first-order valence-corrected chi connectivity index (χ1v) is 3.49. The van der Waals surface area contributed by atoms with Crippen molar-refractivity contribution < 1.29 is 4.74 Å². The van der Waals surface area contributed by atoms with Crippen molar-refractivity contribution in [1.29, 1.82) is 0 Å². The molecule has 11 heavy (non-hydrogen) atoms. The van der Waals surface area contributed by atoms with Crippen LogP contribution in [-0.2, 0) is 0 Å². The summed E-state index contributed by atoms with van der Waals surface area (Å²) in [6.45, 7) is 6.02. The lowest BCUT2D eigenvalue weighted by Gasteiger charge is -2.01. The molecule has 1 heterocycles. The fourth-order valence-electron chi connectivity index (χ4n) is 0.695. The highest BCUT2D eigenvalue weighted by atomic mass is 16.5. The molecule has 2 nitrogen and oxygen atoms in total. The van der Waals surface area contributed by atoms with Gasteiger partial charge in [-0.05, 0) is 19.1 Å². The zero-order valence-corrected chi connectivity index (χ0v) is 6.58. The van der Waals surface area contributed by atoms with E-state index in [1.54, 1.807) is 12.3 Å². The molecule has 1 aromatic rings. The molecule has 0 fully saturated rings. The van der Waals surface area contributed by atoms with Gasteiger partial charge in [0, 0.05) is 5.69 Å². The van der Waals surface area contributed by atoms with Crippen LogP contribution in [0.15, 0.2) is 31.0 Å². The summed E-state index contributed by atoms with van der Waals surface area (Å²) in [5.74, 6) is 0.788. The summed E-state index contributed by atoms with van der Waals surface area (Å²) in [7, 11) is 0. The fraction of sp³-hybridized carbons (Fsp3) is 0.222. The SMILES string of the molecule is C=CCOc1ccc(C)nc1. The Bertz CT molecular complexity index is 228. The first kappa shape index (κ1) is 7.79. The topological polar surface area (TPSA) is 22.1 Å². The van der Waals surface area contributed by atoms with Gasteiger partial charge in [0.2, 0.25) is 0 Å². The molecule has 0 radical (unpaired) electrons. The van der Waals surface area contributed by atoms with Crippen LogP contribution in [0.25, 0.3) is 0 Å². The van der Waals surface area contributed by atoms with Crippen molar-refractivity contribution in [3.8, 4) is 5.75 Å². The average molecular weight is 149 g/mol. The Morgan fingerprint density at radius 1 is 1.64 bits per heavy atom. The van der Waals surface area contributed by atoms with E-state index >= 15 is 0 Å². The van der Waals surface area contributed by atoms with Crippen molar-refractivity contribution in [1.82, 2.24) is 4.98 Å². The van der Waals surface area contributed by atoms with Crippen LogP contribution in [0, 0.1) is 6.92 Å². The third kappa shape index (κ3) is 2.42. The zero-order chi connectivity index (χ0) is 8.10. The van der Waals surface area contributed by atoms with Gasteiger partial charge < -0.3 is 4.74 Å². The van der Waals surface area contributed by atoms with Crippen LogP contribution in [0.5, 0.6) is 5.75 Å². The van der Waals surface area contributed by atoms with Gasteiger partial charge in [-0.2, -0.15) is 0 Å². The smallest absolute Gasteiger partial charge is 0.138 e. The Kier molecular flexibility index (Phi) is 2.66. The quantitative estimate of drug-likeness (QED) is 0.613. The molecule has 0 unspecified atom stereocenters. The second-order valence-corrected chi connectivity index (χ2v) is 2.23. The summed E-state index contributed by atoms with van der Waals surface area (Å²) in [5.41, 5.74) is 0.996. The summed E-state index contributed by atoms with van der Waals surface area (Å²) in [4.78, 5) is 4.07. The second kappa shape index (κ2) is 3.76. The van der Waals surface area contributed by atoms with Gasteiger partial charge in [-0.1, -0.05) is 12.7 Å². The molecule has 0 atom stereocenters. The van der Waals surface area contributed by atoms with E-state index in [0.717, 1.165) is 11.4 Å². The van der Waals surface area contributed by atoms with Crippen LogP contribution in [0.4, 0.5) is 0 Å². The highest BCUT2D eigenvalue weighted by Crippen LogP contribution is 2.07. The summed E-state index contributed by atoms with van der Waals surface area (Å²) >= 11 is 0. The van der Waals surface area contributed by atoms with Crippen LogP contribution in [-0.4, -0.2) is 11.6 Å². The number of aryl methyl sites for hydroxylation is 1. The molecule has 0 amide bonds. The number of hydrogen-bond donors (Lipinski definition) is 0. The monoisotopic (exact) mass is 149 g/mol. The highest BCUT2D eigenvalue weighted by molar-refractivity contribution is 5.19. The molecular formula is C9H11NO. The molecule has 0 saturated heterocycles. The molecule has 0 saturated carbocycles. The molecule has 1 rings (SSSR count). The molecule has 0 spiro atoms. The maximum absolute atomic E-state index is 5.23. The van der Waals surface area contributed by atoms with Gasteiger partial charge in [-0.15, -0.1) is 0 Å². The molecule has 1 aromatic heterocycles. The van der Waals surface area contributed by atoms with Crippen molar-refractivity contribution in [3.63, 3.8) is 0 Å². The summed E-state index contributed by atoms with van der Waals surface area (Å²) in [6, 6.07) is 3.81. The van der Waals surface area contributed by atoms with Gasteiger partial charge in [0.1, 0.15) is 12.4 Å². The van der Waals surface area contributed by atoms with Gasteiger partial charge in [0.15, 0.2) is 0 Å². The van der Waals surface area contributed by atoms with Crippen LogP contribution in [0.1, 0.15) is 5.69 Å². The van der Waals surface area contributed by atoms with Crippen LogP contribution >= 0.6 is 0 Å². The summed E-state index contributed by atoms with van der Waals surface area (Å²) in [5, 5.41) is 0. The minimum atomic E-state index is 0.532. The summed E-state index contributed by atoms with van der Waals surface area (Å²) < 4.78 is 5.23. The van der Waals surface area contributed by atoms with Gasteiger partial charge in [-0.3, -0.25) is 4.98 Å². The maximum atomic E-state index is 5.23. The predicted octanol–water partition coefficient (Wildman–Crippen LogP) is 1.95. The van der Waals surface area contributed by atoms with E-state index < -0.39 is 0 Å². The second-order valence-electron chi connectivity index (χ2n) is 2.23. The Morgan fingerprint density at radius 2 is 2.45 bits per heavy atom. The highest BCUT2D eigenvalue weighted by Gasteiger charge is 1.89. The predicted molar refractivity (Wildman–Crippen MR) is 44.7 cm³/mol. The van der Waals surface area contributed by atoms with E-state index in [0.29, 0.717) is 6.61 Å². The molecule has 0 aliphatic rings. The van der Waals surface area contributed by atoms with E-state index in [-0.39, 0.29) is 0 Å². The van der Waals surface area contributed by atoms with Crippen molar-refractivity contribution in [3.05, 3.63) is 36.7 Å². The maximum Gasteiger partial charge on any atom is 0.138 e. The first-order valence-electron chi connectivity index (χ1n) is 3.49. The molecule has 0 aliphatic carbocycles. The fourth-order valence-corrected chi connectivity index (χ4v) is 0.695. The van der Waals surface area contributed by atoms with Gasteiger partial charge in [0.25, 0.3) is 0 Å². The van der Waals surface area contributed by atoms with E-state index in [1.165, 1.54) is 0 Å². The summed E-state index contributed by atoms with van der Waals surface area (Å²) in [6.07, 6.45) is 3.42. The molecule has 2 heteroatoms. The van der Waals surface area contributed by atoms with E-state index in [2.05, 4.69) is 11.6 Å². The molecule has 58 valence electrons. The zero-order valence-electron chi connectivity index (χ0n) is 6.58. The minimum absolute atomic E-state index is 0.532. The lowest BCUT2D eigenvalue weighted by molar-refractivity contribution is 0.361. The van der Waals surface area contributed by atoms with Gasteiger partial charge in [0.05, 0.1) is 6.20 Å². The molecule has 0 bridgehead atoms. The normalized spacial score (nSPS) is 9.18. The van der Waals surface area contributed by atoms with Crippen LogP contribution < -0.4 is 4.74 Å². The van der Waals surface area contributed by atoms with Crippen molar-refractivity contribution in [2.45, 2.75) is 6.92 Å². The van der Waals surface area contributed by atoms with E-state index in [9.17, 15) is 0 Å². The largest absolute Gasteiger partial charge is 0.488 e. The van der Waals surface area contributed by atoms with E-state index in [1.807, 2.05) is 19.1 Å². The Morgan fingerprint density at radius 3 is 3.00 bits per heavy atom. The van der Waals surface area contributed by atoms with Crippen LogP contribution in [0.3, 0.4) is 0 Å². The van der Waals surface area contributed by atoms with Gasteiger partial charge in [-0.25, -0.2) is 0 Å². The third-order valence-electron chi connectivity index (χ3n) is 1.25. The number of ether oxygens (including phenoxy) is 1. The van der Waals surface area contributed by atoms with Crippen molar-refractivity contribution >= 4 is 0 Å². The molecule has 0 aliphatic heterocycles. The number of aromatic nitrogens is 1. The molecule has 0 aromatic carbocycles. The standard InChI is InChI=1S/C9H11NO/c1-3-6-11-9-5-4-8(2)10-7-9/h3-5,7H,1,6H2,2H3. The number of rotatable bonds is 3. The van der Waals surface area contributed by atoms with Crippen LogP contribution in [0.2, 0.25) is 0 Å². The number of hydrogen-bond acceptors (Lipinski definition) is 2. The average Bonchev–Trinajstić information content (AvgIpc) is 2.04. The van der Waals surface area contributed by atoms with Crippen molar-refractivity contribution in [2.24, 2.45) is 0 Å².